The minimum Gasteiger partial charge on any atom is -0.508 e. The molecular weight excluding hydrogens is 724 g/mol. The summed E-state index contributed by atoms with van der Waals surface area (Å²) >= 11 is 0. The van der Waals surface area contributed by atoms with Crippen molar-refractivity contribution in [1.82, 2.24) is 19.9 Å². The first-order chi connectivity index (χ1) is 26.2. The van der Waals surface area contributed by atoms with Crippen molar-refractivity contribution >= 4 is 35.6 Å². The van der Waals surface area contributed by atoms with Gasteiger partial charge in [0.2, 0.25) is 5.88 Å². The first-order valence-corrected chi connectivity index (χ1v) is 21.9. The van der Waals surface area contributed by atoms with Gasteiger partial charge in [0.1, 0.15) is 60.9 Å². The van der Waals surface area contributed by atoms with Crippen molar-refractivity contribution in [3.8, 4) is 40.4 Å². The second kappa shape index (κ2) is 14.1. The molecule has 0 radical (unpaired) electrons. The number of alkyl halides is 1. The molecule has 9 nitrogen and oxygen atoms in total. The van der Waals surface area contributed by atoms with Gasteiger partial charge in [-0.05, 0) is 66.5 Å². The summed E-state index contributed by atoms with van der Waals surface area (Å²) < 4.78 is 67.0. The number of anilines is 1. The molecule has 0 spiro atoms. The smallest absolute Gasteiger partial charge is 0.319 e. The van der Waals surface area contributed by atoms with Crippen LogP contribution in [0.5, 0.6) is 17.6 Å². The Balaban J connectivity index is 1.35. The Morgan fingerprint density at radius 3 is 2.55 bits per heavy atom. The van der Waals surface area contributed by atoms with Crippen LogP contribution in [0.4, 0.5) is 19.0 Å². The van der Waals surface area contributed by atoms with Crippen molar-refractivity contribution < 1.29 is 32.5 Å². The largest absolute Gasteiger partial charge is 0.508 e. The van der Waals surface area contributed by atoms with E-state index in [1.807, 2.05) is 11.8 Å². The lowest BCUT2D eigenvalue weighted by atomic mass is 9.95. The summed E-state index contributed by atoms with van der Waals surface area (Å²) in [6.07, 6.45) is 0.707. The summed E-state index contributed by atoms with van der Waals surface area (Å²) in [5.41, 5.74) is 4.09. The Morgan fingerprint density at radius 2 is 1.80 bits per heavy atom. The minimum atomic E-state index is -2.31. The molecule has 2 aromatic heterocycles. The van der Waals surface area contributed by atoms with Gasteiger partial charge in [0.05, 0.1) is 30.4 Å². The summed E-state index contributed by atoms with van der Waals surface area (Å²) in [7, 11) is -2.31. The van der Waals surface area contributed by atoms with Crippen molar-refractivity contribution in [1.29, 1.82) is 0 Å². The lowest BCUT2D eigenvalue weighted by Gasteiger charge is -2.38. The van der Waals surface area contributed by atoms with E-state index in [0.717, 1.165) is 19.4 Å². The van der Waals surface area contributed by atoms with Crippen LogP contribution < -0.4 is 14.4 Å². The van der Waals surface area contributed by atoms with Crippen LogP contribution in [0.15, 0.2) is 24.3 Å². The maximum Gasteiger partial charge on any atom is 0.319 e. The van der Waals surface area contributed by atoms with E-state index in [2.05, 4.69) is 62.9 Å². The molecule has 0 unspecified atom stereocenters. The molecule has 13 heteroatoms. The molecule has 4 aromatic rings. The van der Waals surface area contributed by atoms with Gasteiger partial charge in [0.25, 0.3) is 0 Å². The van der Waals surface area contributed by atoms with Gasteiger partial charge in [-0.2, -0.15) is 9.97 Å². The number of nitrogens with zero attached hydrogens (tertiary/aromatic N) is 5. The molecule has 6 heterocycles. The predicted octanol–water partition coefficient (Wildman–Crippen LogP) is 8.34. The standard InChI is InChI=1S/C42H50F3N5O4Si/c1-23(2)55(24(3)4,25(5)6)16-11-30-32(44)10-9-27-17-29(51)18-31(34(27)30)37-36(45)38-35-39(50-14-15-52-21-33(50)26(7)54-40(35)46-37)48-41(47-38)53-22-42-12-8-13-49(42)20-28(43)19-42/h9-10,17-18,23-26,28,33,51H,8,12-15,19-22H2,1-7H3/t26-,28+,33-,42-/m0/s1. The highest BCUT2D eigenvalue weighted by Crippen LogP contribution is 2.46. The Hall–Kier alpha value is -4.12. The average Bonchev–Trinajstić information content (AvgIpc) is 3.63. The van der Waals surface area contributed by atoms with E-state index in [0.29, 0.717) is 65.9 Å². The number of halogens is 3. The second-order valence-electron chi connectivity index (χ2n) is 16.8. The van der Waals surface area contributed by atoms with Crippen LogP contribution in [-0.4, -0.2) is 96.3 Å². The van der Waals surface area contributed by atoms with Gasteiger partial charge < -0.3 is 24.2 Å². The van der Waals surface area contributed by atoms with Crippen LogP contribution in [-0.2, 0) is 4.74 Å². The second-order valence-corrected chi connectivity index (χ2v) is 22.4. The zero-order valence-corrected chi connectivity index (χ0v) is 33.7. The van der Waals surface area contributed by atoms with E-state index < -0.39 is 37.5 Å². The van der Waals surface area contributed by atoms with Crippen LogP contribution in [0, 0.1) is 23.1 Å². The fourth-order valence-corrected chi connectivity index (χ4v) is 15.4. The zero-order chi connectivity index (χ0) is 39.0. The molecule has 0 saturated carbocycles. The first kappa shape index (κ1) is 37.8. The Kier molecular flexibility index (Phi) is 9.70. The molecule has 0 amide bonds. The summed E-state index contributed by atoms with van der Waals surface area (Å²) in [5.74, 6) is 2.31. The molecule has 3 fully saturated rings. The summed E-state index contributed by atoms with van der Waals surface area (Å²) in [4.78, 5) is 18.5. The molecule has 4 aliphatic rings. The first-order valence-electron chi connectivity index (χ1n) is 19.7. The van der Waals surface area contributed by atoms with Crippen LogP contribution in [0.3, 0.4) is 0 Å². The highest BCUT2D eigenvalue weighted by Gasteiger charge is 2.50. The highest BCUT2D eigenvalue weighted by molar-refractivity contribution is 6.90. The molecule has 4 aliphatic heterocycles. The number of aromatic nitrogens is 3. The molecule has 8 rings (SSSR count). The van der Waals surface area contributed by atoms with E-state index in [-0.39, 0.29) is 58.0 Å². The number of pyridine rings is 1. The third-order valence-electron chi connectivity index (χ3n) is 12.8. The maximum atomic E-state index is 17.5. The molecule has 2 aromatic carbocycles. The number of rotatable bonds is 7. The number of phenolic OH excluding ortho intramolecular Hbond substituents is 1. The van der Waals surface area contributed by atoms with E-state index in [1.54, 1.807) is 6.07 Å². The molecule has 292 valence electrons. The van der Waals surface area contributed by atoms with E-state index >= 15 is 8.78 Å². The van der Waals surface area contributed by atoms with E-state index in [1.165, 1.54) is 18.2 Å². The quantitative estimate of drug-likeness (QED) is 0.147. The van der Waals surface area contributed by atoms with Crippen molar-refractivity contribution in [3.05, 3.63) is 41.5 Å². The summed E-state index contributed by atoms with van der Waals surface area (Å²) in [6, 6.07) is 5.51. The third-order valence-corrected chi connectivity index (χ3v) is 19.1. The van der Waals surface area contributed by atoms with Crippen molar-refractivity contribution in [2.75, 3.05) is 44.4 Å². The normalized spacial score (nSPS) is 23.9. The van der Waals surface area contributed by atoms with Crippen LogP contribution in [0.1, 0.15) is 73.3 Å². The van der Waals surface area contributed by atoms with Gasteiger partial charge >= 0.3 is 6.01 Å². The maximum absolute atomic E-state index is 17.5. The van der Waals surface area contributed by atoms with E-state index in [4.69, 9.17) is 24.2 Å². The van der Waals surface area contributed by atoms with Crippen LogP contribution >= 0.6 is 0 Å². The number of morpholine rings is 1. The number of fused-ring (bicyclic) bond motifs is 4. The molecule has 55 heavy (non-hydrogen) atoms. The third kappa shape index (κ3) is 6.19. The monoisotopic (exact) mass is 773 g/mol. The number of aromatic hydroxyl groups is 1. The van der Waals surface area contributed by atoms with Gasteiger partial charge in [-0.25, -0.2) is 18.2 Å². The SMILES string of the molecule is CC(C)[Si](C#Cc1c(F)ccc2cc(O)cc(-c3nc4c5c(nc(OC[C@@]67CCCN6C[C@H](F)C7)nc5c3F)N3CCOC[C@H]3[C@H](C)O4)c12)(C(C)C)C(C)C. The number of benzene rings is 2. The average molecular weight is 774 g/mol. The molecule has 0 aliphatic carbocycles. The molecule has 0 bridgehead atoms. The Bertz CT molecular complexity index is 2210. The van der Waals surface area contributed by atoms with Crippen molar-refractivity contribution in [2.45, 2.75) is 108 Å². The van der Waals surface area contributed by atoms with Crippen LogP contribution in [0.25, 0.3) is 32.9 Å². The van der Waals surface area contributed by atoms with Gasteiger partial charge in [-0.3, -0.25) is 4.90 Å². The van der Waals surface area contributed by atoms with Gasteiger partial charge in [0.15, 0.2) is 5.82 Å². The lowest BCUT2D eigenvalue weighted by molar-refractivity contribution is 0.0523. The van der Waals surface area contributed by atoms with Gasteiger partial charge in [-0.1, -0.05) is 53.5 Å². The van der Waals surface area contributed by atoms with Crippen LogP contribution in [0.2, 0.25) is 16.6 Å². The number of ether oxygens (including phenoxy) is 3. The highest BCUT2D eigenvalue weighted by atomic mass is 28.3. The van der Waals surface area contributed by atoms with Crippen molar-refractivity contribution in [2.24, 2.45) is 0 Å². The number of phenols is 1. The summed E-state index contributed by atoms with van der Waals surface area (Å²) in [6.45, 7) is 17.6. The summed E-state index contributed by atoms with van der Waals surface area (Å²) in [5, 5.41) is 12.1. The van der Waals surface area contributed by atoms with Crippen molar-refractivity contribution in [3.63, 3.8) is 0 Å². The predicted molar refractivity (Wildman–Crippen MR) is 210 cm³/mol. The minimum absolute atomic E-state index is 0.0384. The fourth-order valence-electron chi connectivity index (χ4n) is 10.2. The van der Waals surface area contributed by atoms with Gasteiger partial charge in [-0.15, -0.1) is 5.54 Å². The molecule has 1 N–H and O–H groups in total. The zero-order valence-electron chi connectivity index (χ0n) is 32.7. The number of hydrogen-bond donors (Lipinski definition) is 1. The lowest BCUT2D eigenvalue weighted by Crippen LogP contribution is -2.52. The Morgan fingerprint density at radius 1 is 1.04 bits per heavy atom. The topological polar surface area (TPSA) is 93.1 Å². The number of hydrogen-bond acceptors (Lipinski definition) is 9. The fraction of sp³-hybridized carbons (Fsp3) is 0.548. The van der Waals surface area contributed by atoms with E-state index in [9.17, 15) is 9.50 Å². The Labute approximate surface area is 321 Å². The van der Waals surface area contributed by atoms with Gasteiger partial charge in [0, 0.05) is 30.5 Å². The molecule has 3 saturated heterocycles. The molecular formula is C42H50F3N5O4Si. The molecule has 4 atom stereocenters.